The van der Waals surface area contributed by atoms with Gasteiger partial charge in [-0.2, -0.15) is 0 Å². The molecule has 1 heterocycles. The van der Waals surface area contributed by atoms with E-state index < -0.39 is 0 Å². The van der Waals surface area contributed by atoms with Gasteiger partial charge in [-0.25, -0.2) is 0 Å². The van der Waals surface area contributed by atoms with E-state index in [-0.39, 0.29) is 18.4 Å². The Morgan fingerprint density at radius 3 is 2.52 bits per heavy atom. The van der Waals surface area contributed by atoms with Crippen LogP contribution in [0.5, 0.6) is 5.75 Å². The van der Waals surface area contributed by atoms with Crippen LogP contribution in [-0.4, -0.2) is 23.3 Å². The van der Waals surface area contributed by atoms with Crippen molar-refractivity contribution in [3.8, 4) is 5.75 Å². The van der Waals surface area contributed by atoms with Crippen LogP contribution in [0.3, 0.4) is 0 Å². The molecule has 2 rings (SSSR count). The Labute approximate surface area is 147 Å². The molecule has 0 saturated heterocycles. The maximum Gasteiger partial charge on any atom is 0.239 e. The minimum absolute atomic E-state index is 0.00510. The molecular weight excluding hydrogens is 318 g/mol. The molecule has 2 amide bonds. The fraction of sp³-hybridized carbons (Fsp3) is 0.316. The number of carbonyl (C=O) groups excluding carboxylic acids is 2. The summed E-state index contributed by atoms with van der Waals surface area (Å²) >= 11 is 0. The standard InChI is InChI=1S/C19H23N3O3/c1-2-4-18(23)22-13-19(24)21-12-15-6-8-17(9-7-15)25-14-16-5-3-10-20-11-16/h3,5-11H,2,4,12-14H2,1H3,(H,21,24)(H,22,23). The second kappa shape index (κ2) is 10.1. The van der Waals surface area contributed by atoms with Gasteiger partial charge in [-0.05, 0) is 30.2 Å². The highest BCUT2D eigenvalue weighted by Crippen LogP contribution is 2.14. The van der Waals surface area contributed by atoms with E-state index in [2.05, 4.69) is 15.6 Å². The van der Waals surface area contributed by atoms with Gasteiger partial charge in [-0.15, -0.1) is 0 Å². The lowest BCUT2D eigenvalue weighted by Gasteiger charge is -2.09. The fourth-order valence-electron chi connectivity index (χ4n) is 2.11. The Morgan fingerprint density at radius 1 is 1.04 bits per heavy atom. The molecule has 1 aromatic heterocycles. The van der Waals surface area contributed by atoms with Crippen molar-refractivity contribution in [3.05, 3.63) is 59.9 Å². The molecule has 0 unspecified atom stereocenters. The molecule has 0 atom stereocenters. The summed E-state index contributed by atoms with van der Waals surface area (Å²) < 4.78 is 5.69. The number of hydrogen-bond acceptors (Lipinski definition) is 4. The highest BCUT2D eigenvalue weighted by Gasteiger charge is 2.04. The largest absolute Gasteiger partial charge is 0.489 e. The molecule has 2 N–H and O–H groups in total. The molecule has 0 aliphatic rings. The number of hydrogen-bond donors (Lipinski definition) is 2. The van der Waals surface area contributed by atoms with E-state index in [9.17, 15) is 9.59 Å². The number of nitrogens with one attached hydrogen (secondary N) is 2. The van der Waals surface area contributed by atoms with Crippen molar-refractivity contribution in [1.29, 1.82) is 0 Å². The van der Waals surface area contributed by atoms with Crippen molar-refractivity contribution in [2.24, 2.45) is 0 Å². The van der Waals surface area contributed by atoms with Gasteiger partial charge in [-0.3, -0.25) is 14.6 Å². The molecule has 0 radical (unpaired) electrons. The van der Waals surface area contributed by atoms with Crippen LogP contribution < -0.4 is 15.4 Å². The number of ether oxygens (including phenoxy) is 1. The number of rotatable bonds is 9. The molecule has 0 saturated carbocycles. The summed E-state index contributed by atoms with van der Waals surface area (Å²) in [5.41, 5.74) is 1.96. The SMILES string of the molecule is CCCC(=O)NCC(=O)NCc1ccc(OCc2cccnc2)cc1. The molecule has 0 aliphatic carbocycles. The summed E-state index contributed by atoms with van der Waals surface area (Å²) in [7, 11) is 0. The minimum atomic E-state index is -0.207. The van der Waals surface area contributed by atoms with Gasteiger partial charge in [0.1, 0.15) is 12.4 Å². The maximum absolute atomic E-state index is 11.7. The van der Waals surface area contributed by atoms with E-state index in [4.69, 9.17) is 4.74 Å². The van der Waals surface area contributed by atoms with Crippen LogP contribution >= 0.6 is 0 Å². The second-order valence-corrected chi connectivity index (χ2v) is 5.60. The predicted octanol–water partition coefficient (Wildman–Crippen LogP) is 2.19. The molecule has 1 aromatic carbocycles. The molecule has 25 heavy (non-hydrogen) atoms. The molecular formula is C19H23N3O3. The van der Waals surface area contributed by atoms with Gasteiger partial charge < -0.3 is 15.4 Å². The zero-order valence-corrected chi connectivity index (χ0v) is 14.3. The van der Waals surface area contributed by atoms with Gasteiger partial charge in [0.15, 0.2) is 0 Å². The predicted molar refractivity (Wildman–Crippen MR) is 94.8 cm³/mol. The Balaban J connectivity index is 1.71. The van der Waals surface area contributed by atoms with Crippen molar-refractivity contribution in [1.82, 2.24) is 15.6 Å². The molecule has 6 heteroatoms. The number of pyridine rings is 1. The minimum Gasteiger partial charge on any atom is -0.489 e. The first kappa shape index (κ1) is 18.4. The Hall–Kier alpha value is -2.89. The Kier molecular flexibility index (Phi) is 7.43. The summed E-state index contributed by atoms with van der Waals surface area (Å²) in [5, 5.41) is 5.36. The van der Waals surface area contributed by atoms with Crippen LogP contribution in [0.25, 0.3) is 0 Å². The first-order chi connectivity index (χ1) is 12.2. The number of carbonyl (C=O) groups is 2. The van der Waals surface area contributed by atoms with Crippen molar-refractivity contribution < 1.29 is 14.3 Å². The van der Waals surface area contributed by atoms with Gasteiger partial charge >= 0.3 is 0 Å². The van der Waals surface area contributed by atoms with Crippen LogP contribution in [0.2, 0.25) is 0 Å². The van der Waals surface area contributed by atoms with Crippen molar-refractivity contribution in [2.75, 3.05) is 6.54 Å². The number of amides is 2. The molecule has 132 valence electrons. The lowest BCUT2D eigenvalue weighted by molar-refractivity contribution is -0.126. The van der Waals surface area contributed by atoms with E-state index in [0.717, 1.165) is 23.3 Å². The van der Waals surface area contributed by atoms with E-state index in [1.807, 2.05) is 43.3 Å². The topological polar surface area (TPSA) is 80.3 Å². The normalized spacial score (nSPS) is 10.1. The van der Waals surface area contributed by atoms with Crippen molar-refractivity contribution in [2.45, 2.75) is 32.9 Å². The monoisotopic (exact) mass is 341 g/mol. The number of benzene rings is 1. The summed E-state index contributed by atoms with van der Waals surface area (Å²) in [4.78, 5) is 27.1. The van der Waals surface area contributed by atoms with Crippen LogP contribution in [0.1, 0.15) is 30.9 Å². The third-order valence-corrected chi connectivity index (χ3v) is 3.46. The highest BCUT2D eigenvalue weighted by atomic mass is 16.5. The summed E-state index contributed by atoms with van der Waals surface area (Å²) in [5.74, 6) is 0.444. The van der Waals surface area contributed by atoms with E-state index >= 15 is 0 Å². The van der Waals surface area contributed by atoms with Crippen LogP contribution in [0.15, 0.2) is 48.8 Å². The molecule has 0 aliphatic heterocycles. The molecule has 0 bridgehead atoms. The zero-order valence-electron chi connectivity index (χ0n) is 14.3. The van der Waals surface area contributed by atoms with E-state index in [1.165, 1.54) is 0 Å². The number of nitrogens with zero attached hydrogens (tertiary/aromatic N) is 1. The lowest BCUT2D eigenvalue weighted by Crippen LogP contribution is -2.36. The van der Waals surface area contributed by atoms with Gasteiger partial charge in [0.2, 0.25) is 11.8 Å². The van der Waals surface area contributed by atoms with Gasteiger partial charge in [0.25, 0.3) is 0 Å². The first-order valence-electron chi connectivity index (χ1n) is 8.31. The second-order valence-electron chi connectivity index (χ2n) is 5.60. The average Bonchev–Trinajstić information content (AvgIpc) is 2.65. The third kappa shape index (κ3) is 7.03. The van der Waals surface area contributed by atoms with E-state index in [0.29, 0.717) is 19.6 Å². The van der Waals surface area contributed by atoms with Crippen LogP contribution in [0, 0.1) is 0 Å². The Morgan fingerprint density at radius 2 is 1.84 bits per heavy atom. The van der Waals surface area contributed by atoms with Crippen molar-refractivity contribution >= 4 is 11.8 Å². The van der Waals surface area contributed by atoms with Gasteiger partial charge in [-0.1, -0.05) is 25.1 Å². The molecule has 0 fully saturated rings. The fourth-order valence-corrected chi connectivity index (χ4v) is 2.11. The van der Waals surface area contributed by atoms with E-state index in [1.54, 1.807) is 12.4 Å². The summed E-state index contributed by atoms with van der Waals surface area (Å²) in [6, 6.07) is 11.3. The average molecular weight is 341 g/mol. The van der Waals surface area contributed by atoms with Crippen molar-refractivity contribution in [3.63, 3.8) is 0 Å². The van der Waals surface area contributed by atoms with Crippen LogP contribution in [0.4, 0.5) is 0 Å². The van der Waals surface area contributed by atoms with Gasteiger partial charge in [0, 0.05) is 30.9 Å². The maximum atomic E-state index is 11.7. The van der Waals surface area contributed by atoms with Gasteiger partial charge in [0.05, 0.1) is 6.54 Å². The summed E-state index contributed by atoms with van der Waals surface area (Å²) in [6.07, 6.45) is 4.70. The third-order valence-electron chi connectivity index (χ3n) is 3.46. The molecule has 0 spiro atoms. The number of aromatic nitrogens is 1. The lowest BCUT2D eigenvalue weighted by atomic mass is 10.2. The summed E-state index contributed by atoms with van der Waals surface area (Å²) in [6.45, 7) is 2.79. The quantitative estimate of drug-likeness (QED) is 0.733. The Bertz CT molecular complexity index is 672. The highest BCUT2D eigenvalue weighted by molar-refractivity contribution is 5.84. The zero-order chi connectivity index (χ0) is 17.9. The van der Waals surface area contributed by atoms with Crippen LogP contribution in [-0.2, 0) is 22.7 Å². The smallest absolute Gasteiger partial charge is 0.239 e. The first-order valence-corrected chi connectivity index (χ1v) is 8.31. The molecule has 2 aromatic rings. The molecule has 6 nitrogen and oxygen atoms in total.